The number of methoxy groups -OCH3 is 3. The van der Waals surface area contributed by atoms with Crippen molar-refractivity contribution in [2.75, 3.05) is 21.3 Å². The molecule has 0 spiro atoms. The first-order valence-electron chi connectivity index (χ1n) is 51.6. The van der Waals surface area contributed by atoms with Crippen LogP contribution in [-0.2, 0) is 44.9 Å². The summed E-state index contributed by atoms with van der Waals surface area (Å²) in [5, 5.41) is 20.4. The minimum atomic E-state index is 0.392. The van der Waals surface area contributed by atoms with Crippen LogP contribution in [0.25, 0.3) is 64.6 Å². The van der Waals surface area contributed by atoms with Gasteiger partial charge in [0.05, 0.1) is 36.4 Å². The Balaban J connectivity index is 0.000000101. The molecule has 0 bridgehead atoms. The van der Waals surface area contributed by atoms with E-state index in [4.69, 9.17) is 95.4 Å². The zero-order chi connectivity index (χ0) is 95.3. The van der Waals surface area contributed by atoms with Crippen LogP contribution in [0.3, 0.4) is 0 Å². The summed E-state index contributed by atoms with van der Waals surface area (Å²) in [6.45, 7) is 28.9. The highest BCUT2D eigenvalue weighted by atomic mass is 79.9. The fraction of sp³-hybridized carbons (Fsp3) is 0.472. The lowest BCUT2D eigenvalue weighted by Crippen LogP contribution is -2.32. The van der Waals surface area contributed by atoms with Crippen LogP contribution in [0.1, 0.15) is 312 Å². The van der Waals surface area contributed by atoms with Gasteiger partial charge in [0.1, 0.15) is 11.5 Å². The van der Waals surface area contributed by atoms with Crippen molar-refractivity contribution < 1.29 is 14.2 Å². The van der Waals surface area contributed by atoms with E-state index >= 15 is 0 Å². The van der Waals surface area contributed by atoms with Gasteiger partial charge in [0.2, 0.25) is 0 Å². The van der Waals surface area contributed by atoms with Crippen LogP contribution < -0.4 is 14.2 Å². The van der Waals surface area contributed by atoms with Crippen LogP contribution >= 0.6 is 97.1 Å². The molecule has 0 aliphatic heterocycles. The standard InChI is InChI=1S/C25H25Cl.C21H25ClO.C20H23BrO.C20H21Cl3O.C20H23Cl.C19H21Cl/c1-17-13-23-22-14-24(26)21-10-6-5-9-19(21)20(22)11-12-25(23,15-17)16-18-7-3-2-4-8-18;1-12-7-18-16-9-19(22)17-8-13(2)20(23-4)10-15(17)14(16)5-6-21(18,3)11-12;1-12-8-18-17-10-19(21)15-5-4-13(22-3)9-16(15)14(17)6-7-20(18,2)11-12;1-10-6-14-12-7-15(21)17-13(8-16(22)19(24-3)18(17)23)11(12)4-5-20(14,2)9-10;1-3-20-9-8-15-14-6-4-5-7-16(14)19(21)11-17(15)18(20)10-13(2)12-20;1-12-9-17-16-10-18(20)15-6-4-3-5-13(15)14(16)7-8-19(17,2)11-12/h2-10,14,17,23H,11-13,15-16H2,1H3;8-10,12,18H,5-7,11H2,1-4H3;4-5,9-10,12,18H,6-8,11H2,1-3H3;7-8,10,14H,4-6,9H2,1-3H3;4-7,11,13,18H,3,8-10,12H2,1-2H3;3-6,10,12,17H,7-9,11H2,1-2H3/t17-,23+,25-;12-,18+,21-;12-,18+,20-;10-,14+,20-;13-,18+,20-;12-,17-,19-/m000000/s1. The lowest BCUT2D eigenvalue weighted by atomic mass is 9.62. The molecule has 6 saturated carbocycles. The molecule has 13 aromatic carbocycles. The van der Waals surface area contributed by atoms with Crippen molar-refractivity contribution in [1.82, 2.24) is 0 Å². The summed E-state index contributed by atoms with van der Waals surface area (Å²) in [6.07, 6.45) is 33.4. The molecule has 12 aliphatic rings. The van der Waals surface area contributed by atoms with E-state index in [-0.39, 0.29) is 0 Å². The molecule has 136 heavy (non-hydrogen) atoms. The number of ether oxygens (including phenoxy) is 3. The summed E-state index contributed by atoms with van der Waals surface area (Å²) in [5.74, 6) is 11.4. The van der Waals surface area contributed by atoms with Gasteiger partial charge in [-0.05, 0) is 466 Å². The molecule has 11 heteroatoms. The molecule has 0 heterocycles. The Morgan fingerprint density at radius 2 is 0.669 bits per heavy atom. The van der Waals surface area contributed by atoms with Crippen molar-refractivity contribution in [1.29, 1.82) is 0 Å². The molecule has 25 rings (SSSR count). The van der Waals surface area contributed by atoms with Crippen LogP contribution in [-0.4, -0.2) is 21.3 Å². The maximum absolute atomic E-state index is 6.73. The molecule has 12 aliphatic carbocycles. The lowest BCUT2D eigenvalue weighted by Gasteiger charge is -2.42. The largest absolute Gasteiger partial charge is 0.497 e. The first-order valence-corrected chi connectivity index (χ1v) is 55.0. The quantitative estimate of drug-likeness (QED) is 0.166. The summed E-state index contributed by atoms with van der Waals surface area (Å²) in [5.41, 5.74) is 23.7. The van der Waals surface area contributed by atoms with Crippen molar-refractivity contribution in [2.45, 2.75) is 286 Å². The third-order valence-corrected chi connectivity index (χ3v) is 40.4. The summed E-state index contributed by atoms with van der Waals surface area (Å²) < 4.78 is 17.6. The van der Waals surface area contributed by atoms with Crippen molar-refractivity contribution in [3.63, 3.8) is 0 Å². The highest BCUT2D eigenvalue weighted by Crippen LogP contribution is 2.67. The number of aryl methyl sites for hydroxylation is 7. The van der Waals surface area contributed by atoms with Gasteiger partial charge in [-0.2, -0.15) is 0 Å². The molecule has 0 aromatic heterocycles. The topological polar surface area (TPSA) is 27.7 Å². The number of rotatable bonds is 6. The fourth-order valence-corrected chi connectivity index (χ4v) is 34.5. The van der Waals surface area contributed by atoms with E-state index in [0.717, 1.165) is 108 Å². The van der Waals surface area contributed by atoms with Crippen molar-refractivity contribution >= 4 is 162 Å². The zero-order valence-electron chi connectivity index (χ0n) is 82.8. The number of benzene rings is 13. The van der Waals surface area contributed by atoms with Gasteiger partial charge in [0.15, 0.2) is 5.75 Å². The van der Waals surface area contributed by atoms with E-state index in [1.54, 1.807) is 65.8 Å². The Labute approximate surface area is 854 Å². The highest BCUT2D eigenvalue weighted by Gasteiger charge is 2.54. The third-order valence-electron chi connectivity index (χ3n) is 37.5. The predicted octanol–water partition coefficient (Wildman–Crippen LogP) is 39.1. The Kier molecular flexibility index (Phi) is 27.0. The first-order chi connectivity index (χ1) is 65.2. The number of hydrogen-bond acceptors (Lipinski definition) is 3. The molecular weight excluding hydrogens is 1880 g/mol. The zero-order valence-corrected chi connectivity index (χ0v) is 89.7. The van der Waals surface area contributed by atoms with Crippen molar-refractivity contribution in [3.05, 3.63) is 293 Å². The average molecular weight is 2020 g/mol. The van der Waals surface area contributed by atoms with E-state index < -0.39 is 0 Å². The van der Waals surface area contributed by atoms with Gasteiger partial charge in [0.25, 0.3) is 0 Å². The van der Waals surface area contributed by atoms with Crippen LogP contribution in [0.5, 0.6) is 17.2 Å². The van der Waals surface area contributed by atoms with Gasteiger partial charge in [-0.3, -0.25) is 0 Å². The van der Waals surface area contributed by atoms with Crippen molar-refractivity contribution in [2.24, 2.45) is 68.0 Å². The van der Waals surface area contributed by atoms with Crippen LogP contribution in [0.4, 0.5) is 0 Å². The minimum absolute atomic E-state index is 0.392. The molecule has 0 N–H and O–H groups in total. The smallest absolute Gasteiger partial charge is 0.156 e. The summed E-state index contributed by atoms with van der Waals surface area (Å²) in [4.78, 5) is 0. The molecule has 0 unspecified atom stereocenters. The van der Waals surface area contributed by atoms with Crippen LogP contribution in [0.2, 0.25) is 35.2 Å². The fourth-order valence-electron chi connectivity index (χ4n) is 31.7. The average Bonchev–Trinajstić information content (AvgIpc) is 1.76. The SMILES string of the molecule is CC[C@@]12CCc3c(cc(Cl)c4ccccc34)[C@H]1C[C@H](C)C2.COc1c(Cl)cc2c3c(cc(Cl)c2c1Cl)[C@H]1C[C@H](C)C[C@]1(C)CC3.COc1cc2c3c(cc(Cl)c2cc1C)[C@H]1C[C@H](C)C[C@]1(C)CC3.COc1ccc2c(Br)cc3c(c2c1)CC[C@@]1(C)C[C@@H](C)C[C@H]31.C[C@H]1C[C@@H]2c3cc(Cl)c4ccccc4c3CC[C@@]2(Cc2ccccc2)C1.C[C@H]1C[C@H]2c3cc(Cl)c4ccccc4c3CC[C@@]2(C)C1. The summed E-state index contributed by atoms with van der Waals surface area (Å²) in [6, 6.07) is 63.6. The lowest BCUT2D eigenvalue weighted by molar-refractivity contribution is 0.207. The molecule has 712 valence electrons. The van der Waals surface area contributed by atoms with E-state index in [0.29, 0.717) is 77.0 Å². The third kappa shape index (κ3) is 17.2. The van der Waals surface area contributed by atoms with Gasteiger partial charge in [0, 0.05) is 51.5 Å². The van der Waals surface area contributed by atoms with Crippen molar-refractivity contribution in [3.8, 4) is 17.2 Å². The van der Waals surface area contributed by atoms with Crippen LogP contribution in [0, 0.1) is 74.9 Å². The van der Waals surface area contributed by atoms with Gasteiger partial charge >= 0.3 is 0 Å². The second-order valence-electron chi connectivity index (χ2n) is 46.5. The van der Waals surface area contributed by atoms with Gasteiger partial charge in [-0.25, -0.2) is 0 Å². The van der Waals surface area contributed by atoms with Gasteiger partial charge < -0.3 is 14.2 Å². The van der Waals surface area contributed by atoms with E-state index in [1.807, 2.05) is 6.07 Å². The number of halogens is 8. The number of fused-ring (bicyclic) bond motifs is 30. The molecular formula is C125H138BrCl7O3. The normalized spacial score (nSPS) is 29.7. The van der Waals surface area contributed by atoms with E-state index in [2.05, 4.69) is 269 Å². The maximum Gasteiger partial charge on any atom is 0.156 e. The minimum Gasteiger partial charge on any atom is -0.497 e. The number of hydrogen-bond donors (Lipinski definition) is 0. The predicted molar refractivity (Wildman–Crippen MR) is 585 cm³/mol. The molecule has 0 amide bonds. The monoisotopic (exact) mass is 2010 g/mol. The summed E-state index contributed by atoms with van der Waals surface area (Å²) >= 11 is 50.1. The van der Waals surface area contributed by atoms with E-state index in [1.165, 1.54) is 240 Å². The second kappa shape index (κ2) is 37.9. The second-order valence-corrected chi connectivity index (χ2v) is 50.2. The van der Waals surface area contributed by atoms with Crippen LogP contribution in [0.15, 0.2) is 180 Å². The Bertz CT molecular complexity index is 6840. The Morgan fingerprint density at radius 3 is 1.10 bits per heavy atom. The molecule has 3 nitrogen and oxygen atoms in total. The highest BCUT2D eigenvalue weighted by molar-refractivity contribution is 9.10. The molecule has 0 radical (unpaired) electrons. The Hall–Kier alpha value is -6.67. The van der Waals surface area contributed by atoms with Gasteiger partial charge in [-0.1, -0.05) is 276 Å². The summed E-state index contributed by atoms with van der Waals surface area (Å²) in [7, 11) is 5.08. The molecule has 13 aromatic rings. The molecule has 6 fully saturated rings. The van der Waals surface area contributed by atoms with E-state index in [9.17, 15) is 0 Å². The first kappa shape index (κ1) is 96.8. The maximum atomic E-state index is 6.73. The molecule has 18 atom stereocenters. The molecule has 0 saturated heterocycles. The van der Waals surface area contributed by atoms with Gasteiger partial charge in [-0.15, -0.1) is 0 Å². The Morgan fingerprint density at radius 1 is 0.316 bits per heavy atom.